The number of anilines is 2. The molecule has 4 rings (SSSR count). The molecule has 1 saturated heterocycles. The third-order valence-electron chi connectivity index (χ3n) is 4.84. The molecule has 1 aliphatic rings. The van der Waals surface area contributed by atoms with Crippen molar-refractivity contribution in [2.24, 2.45) is 0 Å². The van der Waals surface area contributed by atoms with Crippen LogP contribution in [0.2, 0.25) is 0 Å². The minimum Gasteiger partial charge on any atom is -0.467 e. The second kappa shape index (κ2) is 7.96. The zero-order valence-electron chi connectivity index (χ0n) is 16.6. The van der Waals surface area contributed by atoms with E-state index in [2.05, 4.69) is 49.5 Å². The van der Waals surface area contributed by atoms with Crippen LogP contribution in [0.5, 0.6) is 6.01 Å². The van der Waals surface area contributed by atoms with Crippen LogP contribution in [-0.2, 0) is 0 Å². The van der Waals surface area contributed by atoms with Crippen molar-refractivity contribution < 1.29 is 9.53 Å². The van der Waals surface area contributed by atoms with Crippen molar-refractivity contribution in [1.82, 2.24) is 25.5 Å². The van der Waals surface area contributed by atoms with E-state index >= 15 is 0 Å². The van der Waals surface area contributed by atoms with E-state index in [1.807, 2.05) is 6.07 Å². The topological polar surface area (TPSA) is 105 Å². The van der Waals surface area contributed by atoms with Gasteiger partial charge in [0.2, 0.25) is 0 Å². The highest BCUT2D eigenvalue weighted by atomic mass is 16.5. The lowest BCUT2D eigenvalue weighted by atomic mass is 10.0. The molecular formula is C20H23N7O2. The summed E-state index contributed by atoms with van der Waals surface area (Å²) in [5.41, 5.74) is 1.96. The number of hydrogen-bond acceptors (Lipinski definition) is 8. The molecule has 2 N–H and O–H groups in total. The summed E-state index contributed by atoms with van der Waals surface area (Å²) in [4.78, 5) is 24.0. The molecule has 2 aromatic heterocycles. The zero-order chi connectivity index (χ0) is 20.4. The van der Waals surface area contributed by atoms with Crippen molar-refractivity contribution in [2.45, 2.75) is 25.9 Å². The van der Waals surface area contributed by atoms with Gasteiger partial charge < -0.3 is 20.3 Å². The maximum absolute atomic E-state index is 12.9. The lowest BCUT2D eigenvalue weighted by Gasteiger charge is -2.38. The van der Waals surface area contributed by atoms with Gasteiger partial charge in [0.05, 0.1) is 18.2 Å². The van der Waals surface area contributed by atoms with E-state index in [0.29, 0.717) is 29.0 Å². The van der Waals surface area contributed by atoms with E-state index in [4.69, 9.17) is 4.74 Å². The zero-order valence-corrected chi connectivity index (χ0v) is 16.6. The summed E-state index contributed by atoms with van der Waals surface area (Å²) in [5.74, 6) is 0.0605. The van der Waals surface area contributed by atoms with E-state index in [1.54, 1.807) is 30.6 Å². The molecule has 1 fully saturated rings. The molecule has 0 bridgehead atoms. The van der Waals surface area contributed by atoms with Gasteiger partial charge >= 0.3 is 6.01 Å². The Morgan fingerprint density at radius 1 is 1.24 bits per heavy atom. The van der Waals surface area contributed by atoms with Crippen molar-refractivity contribution >= 4 is 28.3 Å². The molecular weight excluding hydrogens is 370 g/mol. The number of benzene rings is 1. The van der Waals surface area contributed by atoms with Crippen molar-refractivity contribution in [3.05, 3.63) is 42.2 Å². The first-order valence-electron chi connectivity index (χ1n) is 9.49. The molecule has 0 spiro atoms. The Hall–Kier alpha value is -3.33. The molecule has 9 nitrogen and oxygen atoms in total. The number of piperazine rings is 1. The summed E-state index contributed by atoms with van der Waals surface area (Å²) >= 11 is 0. The third-order valence-corrected chi connectivity index (χ3v) is 4.84. The number of nitrogens with one attached hydrogen (secondary N) is 2. The summed E-state index contributed by atoms with van der Waals surface area (Å²) in [5, 5.41) is 14.8. The third kappa shape index (κ3) is 3.95. The molecule has 29 heavy (non-hydrogen) atoms. The Labute approximate surface area is 168 Å². The predicted molar refractivity (Wildman–Crippen MR) is 110 cm³/mol. The number of aromatic nitrogens is 4. The van der Waals surface area contributed by atoms with Crippen LogP contribution in [0.15, 0.2) is 36.7 Å². The molecule has 150 valence electrons. The van der Waals surface area contributed by atoms with Gasteiger partial charge in [0.25, 0.3) is 5.91 Å². The smallest absolute Gasteiger partial charge is 0.316 e. The number of fused-ring (bicyclic) bond motifs is 1. The van der Waals surface area contributed by atoms with Crippen molar-refractivity contribution in [3.63, 3.8) is 0 Å². The summed E-state index contributed by atoms with van der Waals surface area (Å²) < 4.78 is 5.19. The minimum absolute atomic E-state index is 0.213. The van der Waals surface area contributed by atoms with Crippen LogP contribution in [-0.4, -0.2) is 58.4 Å². The van der Waals surface area contributed by atoms with Crippen LogP contribution in [0.4, 0.5) is 11.5 Å². The molecule has 1 aliphatic heterocycles. The van der Waals surface area contributed by atoms with Gasteiger partial charge in [-0.3, -0.25) is 4.79 Å². The molecule has 2 atom stereocenters. The molecule has 0 radical (unpaired) electrons. The number of amides is 1. The SMILES string of the molecule is COc1ncc2c(N3C[C@H](C)N[C@@H](C)C3)ccc(C(=O)Nc3cccnn3)c2n1. The molecule has 0 aliphatic carbocycles. The van der Waals surface area contributed by atoms with E-state index in [9.17, 15) is 4.79 Å². The number of hydrogen-bond donors (Lipinski definition) is 2. The number of carbonyl (C=O) groups is 1. The quantitative estimate of drug-likeness (QED) is 0.692. The molecule has 3 heterocycles. The van der Waals surface area contributed by atoms with Crippen LogP contribution in [0, 0.1) is 0 Å². The average Bonchev–Trinajstić information content (AvgIpc) is 2.72. The summed E-state index contributed by atoms with van der Waals surface area (Å²) in [6, 6.07) is 8.05. The number of methoxy groups -OCH3 is 1. The highest BCUT2D eigenvalue weighted by Gasteiger charge is 2.24. The Morgan fingerprint density at radius 3 is 2.72 bits per heavy atom. The van der Waals surface area contributed by atoms with Gasteiger partial charge in [-0.2, -0.15) is 10.1 Å². The van der Waals surface area contributed by atoms with Gasteiger partial charge in [0, 0.05) is 48.6 Å². The number of carbonyl (C=O) groups excluding carboxylic acids is 1. The van der Waals surface area contributed by atoms with E-state index < -0.39 is 0 Å². The normalized spacial score (nSPS) is 19.2. The van der Waals surface area contributed by atoms with Crippen molar-refractivity contribution in [2.75, 3.05) is 30.4 Å². The van der Waals surface area contributed by atoms with Gasteiger partial charge in [-0.25, -0.2) is 4.98 Å². The Kier molecular flexibility index (Phi) is 5.22. The maximum Gasteiger partial charge on any atom is 0.316 e. The summed E-state index contributed by atoms with van der Waals surface area (Å²) in [6.07, 6.45) is 3.26. The average molecular weight is 393 g/mol. The lowest BCUT2D eigenvalue weighted by molar-refractivity contribution is 0.102. The molecule has 1 amide bonds. The molecule has 9 heteroatoms. The lowest BCUT2D eigenvalue weighted by Crippen LogP contribution is -2.54. The number of rotatable bonds is 4. The maximum atomic E-state index is 12.9. The highest BCUT2D eigenvalue weighted by molar-refractivity contribution is 6.13. The van der Waals surface area contributed by atoms with Crippen LogP contribution in [0.25, 0.3) is 10.9 Å². The van der Waals surface area contributed by atoms with Crippen LogP contribution in [0.3, 0.4) is 0 Å². The Morgan fingerprint density at radius 2 is 2.03 bits per heavy atom. The monoisotopic (exact) mass is 393 g/mol. The number of nitrogens with zero attached hydrogens (tertiary/aromatic N) is 5. The molecule has 1 aromatic carbocycles. The summed E-state index contributed by atoms with van der Waals surface area (Å²) in [7, 11) is 1.50. The summed E-state index contributed by atoms with van der Waals surface area (Å²) in [6.45, 7) is 6.04. The number of ether oxygens (including phenoxy) is 1. The van der Waals surface area contributed by atoms with Crippen LogP contribution >= 0.6 is 0 Å². The fourth-order valence-corrected chi connectivity index (χ4v) is 3.72. The Bertz CT molecular complexity index is 1020. The highest BCUT2D eigenvalue weighted by Crippen LogP contribution is 2.30. The van der Waals surface area contributed by atoms with Crippen LogP contribution in [0.1, 0.15) is 24.2 Å². The van der Waals surface area contributed by atoms with E-state index in [0.717, 1.165) is 24.2 Å². The predicted octanol–water partition coefficient (Wildman–Crippen LogP) is 1.87. The fourth-order valence-electron chi connectivity index (χ4n) is 3.72. The first kappa shape index (κ1) is 19.0. The van der Waals surface area contributed by atoms with E-state index in [1.165, 1.54) is 7.11 Å². The first-order chi connectivity index (χ1) is 14.0. The minimum atomic E-state index is -0.315. The first-order valence-corrected chi connectivity index (χ1v) is 9.49. The van der Waals surface area contributed by atoms with Crippen LogP contribution < -0.4 is 20.3 Å². The van der Waals surface area contributed by atoms with E-state index in [-0.39, 0.29) is 11.9 Å². The van der Waals surface area contributed by atoms with Gasteiger partial charge in [-0.15, -0.1) is 5.10 Å². The van der Waals surface area contributed by atoms with Gasteiger partial charge in [0.1, 0.15) is 0 Å². The van der Waals surface area contributed by atoms with Crippen molar-refractivity contribution in [1.29, 1.82) is 0 Å². The molecule has 0 unspecified atom stereocenters. The second-order valence-corrected chi connectivity index (χ2v) is 7.19. The Balaban J connectivity index is 1.77. The van der Waals surface area contributed by atoms with Gasteiger partial charge in [-0.1, -0.05) is 0 Å². The standard InChI is InChI=1S/C20H23N7O2/c1-12-10-27(11-13(2)23-12)16-7-6-14(18-15(16)9-21-20(25-18)29-3)19(28)24-17-5-4-8-22-26-17/h4-9,12-13,23H,10-11H2,1-3H3,(H,24,26,28)/t12-,13-/m0/s1. The molecule has 3 aromatic rings. The van der Waals surface area contributed by atoms with Gasteiger partial charge in [-0.05, 0) is 38.1 Å². The van der Waals surface area contributed by atoms with Gasteiger partial charge in [0.15, 0.2) is 5.82 Å². The fraction of sp³-hybridized carbons (Fsp3) is 0.350. The largest absolute Gasteiger partial charge is 0.467 e. The second-order valence-electron chi connectivity index (χ2n) is 7.19. The van der Waals surface area contributed by atoms with Crippen molar-refractivity contribution in [3.8, 4) is 6.01 Å². The molecule has 0 saturated carbocycles.